The molecule has 1 saturated carbocycles. The van der Waals surface area contributed by atoms with Crippen LogP contribution in [0.5, 0.6) is 0 Å². The molecule has 8 heteroatoms. The third kappa shape index (κ3) is 3.92. The number of nitriles is 1. The van der Waals surface area contributed by atoms with Gasteiger partial charge in [-0.1, -0.05) is 12.1 Å². The average molecular weight is 373 g/mol. The maximum absolute atomic E-state index is 12.8. The Morgan fingerprint density at radius 1 is 0.963 bits per heavy atom. The van der Waals surface area contributed by atoms with Crippen LogP contribution in [0.2, 0.25) is 0 Å². The van der Waals surface area contributed by atoms with Crippen molar-refractivity contribution in [2.24, 2.45) is 5.41 Å². The van der Waals surface area contributed by atoms with E-state index in [9.17, 15) is 22.8 Å². The number of nitrogens with zero attached hydrogens (tertiary/aromatic N) is 1. The molecule has 2 aromatic carbocycles. The van der Waals surface area contributed by atoms with Crippen molar-refractivity contribution < 1.29 is 22.8 Å². The van der Waals surface area contributed by atoms with E-state index in [1.165, 1.54) is 18.2 Å². The zero-order valence-electron chi connectivity index (χ0n) is 13.9. The van der Waals surface area contributed by atoms with E-state index < -0.39 is 29.0 Å². The van der Waals surface area contributed by atoms with Crippen LogP contribution in [0, 0.1) is 16.7 Å². The number of hydrogen-bond donors (Lipinski definition) is 2. The minimum atomic E-state index is -4.53. The molecule has 2 aromatic rings. The van der Waals surface area contributed by atoms with Gasteiger partial charge in [-0.15, -0.1) is 0 Å². The highest BCUT2D eigenvalue weighted by Gasteiger charge is 2.56. The Labute approximate surface area is 152 Å². The molecule has 138 valence electrons. The first-order valence-corrected chi connectivity index (χ1v) is 8.05. The molecule has 0 aromatic heterocycles. The largest absolute Gasteiger partial charge is 0.416 e. The highest BCUT2D eigenvalue weighted by Crippen LogP contribution is 2.47. The van der Waals surface area contributed by atoms with E-state index in [2.05, 4.69) is 10.6 Å². The first-order chi connectivity index (χ1) is 12.7. The van der Waals surface area contributed by atoms with E-state index in [0.717, 1.165) is 12.1 Å². The van der Waals surface area contributed by atoms with Crippen molar-refractivity contribution in [1.29, 1.82) is 5.26 Å². The number of benzene rings is 2. The van der Waals surface area contributed by atoms with Gasteiger partial charge in [0.05, 0.1) is 17.2 Å². The van der Waals surface area contributed by atoms with Gasteiger partial charge in [-0.3, -0.25) is 9.59 Å². The molecule has 0 spiro atoms. The van der Waals surface area contributed by atoms with Gasteiger partial charge in [0, 0.05) is 11.4 Å². The summed E-state index contributed by atoms with van der Waals surface area (Å²) in [5.41, 5.74) is -1.51. The van der Waals surface area contributed by atoms with Crippen LogP contribution in [0.1, 0.15) is 24.0 Å². The molecule has 2 amide bonds. The number of carbonyl (C=O) groups excluding carboxylic acids is 2. The molecule has 0 saturated heterocycles. The first kappa shape index (κ1) is 18.5. The number of anilines is 2. The summed E-state index contributed by atoms with van der Waals surface area (Å²) in [7, 11) is 0. The summed E-state index contributed by atoms with van der Waals surface area (Å²) in [6.45, 7) is 0. The zero-order valence-corrected chi connectivity index (χ0v) is 13.9. The molecule has 0 aliphatic heterocycles. The van der Waals surface area contributed by atoms with Crippen LogP contribution in [0.25, 0.3) is 0 Å². The van der Waals surface area contributed by atoms with Crippen LogP contribution in [-0.4, -0.2) is 11.8 Å². The van der Waals surface area contributed by atoms with Crippen LogP contribution < -0.4 is 10.6 Å². The van der Waals surface area contributed by atoms with Gasteiger partial charge in [-0.05, 0) is 49.2 Å². The molecule has 0 unspecified atom stereocenters. The fourth-order valence-electron chi connectivity index (χ4n) is 2.62. The minimum Gasteiger partial charge on any atom is -0.325 e. The summed E-state index contributed by atoms with van der Waals surface area (Å²) in [4.78, 5) is 25.0. The van der Waals surface area contributed by atoms with Gasteiger partial charge in [0.1, 0.15) is 5.41 Å². The van der Waals surface area contributed by atoms with Crippen molar-refractivity contribution in [2.75, 3.05) is 10.6 Å². The summed E-state index contributed by atoms with van der Waals surface area (Å²) < 4.78 is 38.4. The van der Waals surface area contributed by atoms with Crippen molar-refractivity contribution >= 4 is 23.2 Å². The average Bonchev–Trinajstić information content (AvgIpc) is 3.43. The maximum atomic E-state index is 12.8. The van der Waals surface area contributed by atoms with Crippen molar-refractivity contribution in [2.45, 2.75) is 19.0 Å². The monoisotopic (exact) mass is 373 g/mol. The second-order valence-electron chi connectivity index (χ2n) is 6.26. The summed E-state index contributed by atoms with van der Waals surface area (Å²) >= 11 is 0. The smallest absolute Gasteiger partial charge is 0.325 e. The van der Waals surface area contributed by atoms with Crippen molar-refractivity contribution in [1.82, 2.24) is 0 Å². The Morgan fingerprint density at radius 2 is 1.52 bits per heavy atom. The molecule has 2 N–H and O–H groups in total. The van der Waals surface area contributed by atoms with E-state index >= 15 is 0 Å². The Bertz CT molecular complexity index is 944. The molecule has 1 aliphatic carbocycles. The van der Waals surface area contributed by atoms with Gasteiger partial charge in [0.25, 0.3) is 0 Å². The van der Waals surface area contributed by atoms with Gasteiger partial charge >= 0.3 is 6.18 Å². The van der Waals surface area contributed by atoms with E-state index in [-0.39, 0.29) is 5.69 Å². The molecule has 0 heterocycles. The van der Waals surface area contributed by atoms with Crippen molar-refractivity contribution in [3.63, 3.8) is 0 Å². The maximum Gasteiger partial charge on any atom is 0.416 e. The van der Waals surface area contributed by atoms with Crippen LogP contribution in [0.3, 0.4) is 0 Å². The lowest BCUT2D eigenvalue weighted by Gasteiger charge is -2.16. The lowest BCUT2D eigenvalue weighted by molar-refractivity contribution is -0.137. The fourth-order valence-corrected chi connectivity index (χ4v) is 2.62. The molecule has 0 atom stereocenters. The van der Waals surface area contributed by atoms with E-state index in [4.69, 9.17) is 5.26 Å². The van der Waals surface area contributed by atoms with E-state index in [1.807, 2.05) is 6.07 Å². The summed E-state index contributed by atoms with van der Waals surface area (Å²) in [5.74, 6) is -1.21. The minimum absolute atomic E-state index is 0.0274. The van der Waals surface area contributed by atoms with E-state index in [1.54, 1.807) is 18.2 Å². The highest BCUT2D eigenvalue weighted by atomic mass is 19.4. The third-order valence-electron chi connectivity index (χ3n) is 4.32. The van der Waals surface area contributed by atoms with Crippen LogP contribution in [-0.2, 0) is 15.8 Å². The number of hydrogen-bond acceptors (Lipinski definition) is 3. The predicted molar refractivity (Wildman–Crippen MR) is 91.5 cm³/mol. The topological polar surface area (TPSA) is 82.0 Å². The normalized spacial score (nSPS) is 14.7. The number of carbonyl (C=O) groups is 2. The van der Waals surface area contributed by atoms with Crippen molar-refractivity contribution in [3.05, 3.63) is 59.7 Å². The van der Waals surface area contributed by atoms with Gasteiger partial charge < -0.3 is 10.6 Å². The highest BCUT2D eigenvalue weighted by molar-refractivity contribution is 6.16. The predicted octanol–water partition coefficient (Wildman–Crippen LogP) is 3.93. The quantitative estimate of drug-likeness (QED) is 0.797. The molecular weight excluding hydrogens is 359 g/mol. The second kappa shape index (κ2) is 6.76. The van der Waals surface area contributed by atoms with Gasteiger partial charge in [-0.25, -0.2) is 0 Å². The zero-order chi connectivity index (χ0) is 19.7. The van der Waals surface area contributed by atoms with Crippen LogP contribution >= 0.6 is 0 Å². The fraction of sp³-hybridized carbons (Fsp3) is 0.211. The summed E-state index contributed by atoms with van der Waals surface area (Å²) in [6, 6.07) is 12.4. The lowest BCUT2D eigenvalue weighted by Crippen LogP contribution is -2.35. The Morgan fingerprint density at radius 3 is 2.04 bits per heavy atom. The Kier molecular flexibility index (Phi) is 4.62. The number of rotatable bonds is 4. The molecular formula is C19H14F3N3O2. The molecule has 5 nitrogen and oxygen atoms in total. The van der Waals surface area contributed by atoms with Gasteiger partial charge in [0.15, 0.2) is 0 Å². The number of nitrogens with one attached hydrogen (secondary N) is 2. The summed E-state index contributed by atoms with van der Waals surface area (Å²) in [6.07, 6.45) is -3.94. The Hall–Kier alpha value is -3.34. The molecule has 0 radical (unpaired) electrons. The molecule has 0 bridgehead atoms. The standard InChI is InChI=1S/C19H14F3N3O2/c20-19(21,22)13-4-2-6-15(10-13)25-17(27)18(7-8-18)16(26)24-14-5-1-3-12(9-14)11-23/h1-6,9-10H,7-8H2,(H,24,26)(H,25,27). The first-order valence-electron chi connectivity index (χ1n) is 8.05. The van der Waals surface area contributed by atoms with Gasteiger partial charge in [-0.2, -0.15) is 18.4 Å². The SMILES string of the molecule is N#Cc1cccc(NC(=O)C2(C(=O)Nc3cccc(C(F)(F)F)c3)CC2)c1. The van der Waals surface area contributed by atoms with Crippen LogP contribution in [0.4, 0.5) is 24.5 Å². The number of amides is 2. The van der Waals surface area contributed by atoms with Crippen LogP contribution in [0.15, 0.2) is 48.5 Å². The number of halogens is 3. The molecule has 27 heavy (non-hydrogen) atoms. The number of alkyl halides is 3. The molecule has 1 aliphatic rings. The van der Waals surface area contributed by atoms with E-state index in [0.29, 0.717) is 24.1 Å². The molecule has 1 fully saturated rings. The lowest BCUT2D eigenvalue weighted by atomic mass is 10.0. The second-order valence-corrected chi connectivity index (χ2v) is 6.26. The van der Waals surface area contributed by atoms with Gasteiger partial charge in [0.2, 0.25) is 11.8 Å². The summed E-state index contributed by atoms with van der Waals surface area (Å²) in [5, 5.41) is 13.9. The van der Waals surface area contributed by atoms with Crippen molar-refractivity contribution in [3.8, 4) is 6.07 Å². The molecule has 3 rings (SSSR count). The Balaban J connectivity index is 1.73. The third-order valence-corrected chi connectivity index (χ3v) is 4.32.